The number of hydrogen-bond donors (Lipinski definition) is 1. The lowest BCUT2D eigenvalue weighted by Crippen LogP contribution is -2.02. The van der Waals surface area contributed by atoms with E-state index in [0.717, 1.165) is 6.07 Å². The van der Waals surface area contributed by atoms with Crippen molar-refractivity contribution in [2.75, 3.05) is 0 Å². The summed E-state index contributed by atoms with van der Waals surface area (Å²) in [5.74, 6) is -1.23. The summed E-state index contributed by atoms with van der Waals surface area (Å²) in [6.45, 7) is 0. The lowest BCUT2D eigenvalue weighted by molar-refractivity contribution is -0.384. The van der Waals surface area contributed by atoms with Crippen molar-refractivity contribution in [1.29, 1.82) is 0 Å². The number of hydrogen-bond acceptors (Lipinski definition) is 5. The van der Waals surface area contributed by atoms with Crippen molar-refractivity contribution in [3.05, 3.63) is 38.5 Å². The Morgan fingerprint density at radius 1 is 1.53 bits per heavy atom. The van der Waals surface area contributed by atoms with Crippen LogP contribution in [0.5, 0.6) is 0 Å². The molecule has 0 aliphatic carbocycles. The van der Waals surface area contributed by atoms with Crippen molar-refractivity contribution in [3.63, 3.8) is 0 Å². The van der Waals surface area contributed by atoms with Gasteiger partial charge < -0.3 is 5.11 Å². The summed E-state index contributed by atoms with van der Waals surface area (Å²) in [6, 6.07) is 3.67. The van der Waals surface area contributed by atoms with Gasteiger partial charge in [0.2, 0.25) is 0 Å². The molecule has 1 N–H and O–H groups in total. The van der Waals surface area contributed by atoms with Crippen molar-refractivity contribution >= 4 is 27.6 Å². The molecule has 1 heterocycles. The van der Waals surface area contributed by atoms with Crippen LogP contribution in [0.2, 0.25) is 0 Å². The lowest BCUT2D eigenvalue weighted by Gasteiger charge is -2.04. The van der Waals surface area contributed by atoms with Gasteiger partial charge in [-0.3, -0.25) is 10.1 Å². The number of benzene rings is 1. The van der Waals surface area contributed by atoms with E-state index in [1.54, 1.807) is 7.05 Å². The fraction of sp³-hybridized carbons (Fsp3) is 0.100. The molecule has 9 heteroatoms. The maximum absolute atomic E-state index is 11.1. The number of aryl methyl sites for hydroxylation is 1. The largest absolute Gasteiger partial charge is 0.478 e. The van der Waals surface area contributed by atoms with Gasteiger partial charge >= 0.3 is 5.97 Å². The van der Waals surface area contributed by atoms with E-state index in [9.17, 15) is 14.9 Å². The van der Waals surface area contributed by atoms with Crippen LogP contribution in [0.3, 0.4) is 0 Å². The third-order valence-electron chi connectivity index (χ3n) is 2.48. The fourth-order valence-corrected chi connectivity index (χ4v) is 2.17. The first-order chi connectivity index (χ1) is 8.91. The Bertz CT molecular complexity index is 663. The average molecular weight is 327 g/mol. The highest BCUT2D eigenvalue weighted by Crippen LogP contribution is 2.33. The molecule has 19 heavy (non-hydrogen) atoms. The Morgan fingerprint density at radius 3 is 2.68 bits per heavy atom. The van der Waals surface area contributed by atoms with Gasteiger partial charge in [0, 0.05) is 13.1 Å². The number of nitro benzene ring substituents is 1. The molecule has 0 atom stereocenters. The maximum atomic E-state index is 11.1. The van der Waals surface area contributed by atoms with E-state index in [1.807, 2.05) is 0 Å². The summed E-state index contributed by atoms with van der Waals surface area (Å²) in [5.41, 5.74) is 0.186. The topological polar surface area (TPSA) is 111 Å². The second-order valence-electron chi connectivity index (χ2n) is 3.65. The van der Waals surface area contributed by atoms with E-state index >= 15 is 0 Å². The third kappa shape index (κ3) is 2.32. The molecule has 0 amide bonds. The van der Waals surface area contributed by atoms with Crippen LogP contribution in [0.25, 0.3) is 11.3 Å². The number of nitro groups is 1. The van der Waals surface area contributed by atoms with Crippen LogP contribution in [0.15, 0.2) is 22.8 Å². The number of carbonyl (C=O) groups is 1. The van der Waals surface area contributed by atoms with Gasteiger partial charge in [0.1, 0.15) is 5.69 Å². The second-order valence-corrected chi connectivity index (χ2v) is 4.40. The molecule has 0 saturated carbocycles. The summed E-state index contributed by atoms with van der Waals surface area (Å²) in [7, 11) is 1.59. The summed E-state index contributed by atoms with van der Waals surface area (Å²) >= 11 is 3.15. The molecule has 0 unspecified atom stereocenters. The minimum Gasteiger partial charge on any atom is -0.478 e. The van der Waals surface area contributed by atoms with E-state index in [-0.39, 0.29) is 16.8 Å². The Morgan fingerprint density at radius 2 is 2.21 bits per heavy atom. The minimum absolute atomic E-state index is 0.151. The molecule has 98 valence electrons. The third-order valence-corrected chi connectivity index (χ3v) is 3.02. The van der Waals surface area contributed by atoms with Gasteiger partial charge in [-0.15, -0.1) is 5.10 Å². The molecule has 8 nitrogen and oxygen atoms in total. The second kappa shape index (κ2) is 4.76. The number of carboxylic acid groups (broad SMARTS) is 1. The monoisotopic (exact) mass is 326 g/mol. The van der Waals surface area contributed by atoms with Crippen LogP contribution in [0.4, 0.5) is 5.69 Å². The van der Waals surface area contributed by atoms with Gasteiger partial charge in [0.05, 0.1) is 16.1 Å². The summed E-state index contributed by atoms with van der Waals surface area (Å²) in [6.07, 6.45) is 0. The highest BCUT2D eigenvalue weighted by molar-refractivity contribution is 9.10. The number of carboxylic acids is 1. The van der Waals surface area contributed by atoms with E-state index in [2.05, 4.69) is 26.2 Å². The van der Waals surface area contributed by atoms with Crippen LogP contribution in [0.1, 0.15) is 10.4 Å². The number of nitrogens with zero attached hydrogens (tertiary/aromatic N) is 4. The van der Waals surface area contributed by atoms with Crippen molar-refractivity contribution in [3.8, 4) is 11.3 Å². The zero-order valence-electron chi connectivity index (χ0n) is 9.57. The Labute approximate surface area is 114 Å². The molecule has 0 aliphatic rings. The van der Waals surface area contributed by atoms with Gasteiger partial charge in [-0.2, -0.15) is 0 Å². The molecule has 0 radical (unpaired) electrons. The molecule has 0 bridgehead atoms. The summed E-state index contributed by atoms with van der Waals surface area (Å²) in [5, 5.41) is 27.4. The standard InChI is InChI=1S/C10H7BrN4O4/c1-14-8(9(11)12-13-14)6-3-2-5(10(16)17)4-7(6)15(18)19/h2-4H,1H3,(H,16,17). The fourth-order valence-electron chi connectivity index (χ4n) is 1.63. The molecule has 0 saturated heterocycles. The molecule has 1 aromatic carbocycles. The first-order valence-corrected chi connectivity index (χ1v) is 5.78. The summed E-state index contributed by atoms with van der Waals surface area (Å²) < 4.78 is 1.72. The SMILES string of the molecule is Cn1nnc(Br)c1-c1ccc(C(=O)O)cc1[N+](=O)[O-]. The smallest absolute Gasteiger partial charge is 0.335 e. The zero-order chi connectivity index (χ0) is 14.2. The normalized spacial score (nSPS) is 10.4. The molecule has 2 rings (SSSR count). The first kappa shape index (κ1) is 13.1. The van der Waals surface area contributed by atoms with Crippen LogP contribution >= 0.6 is 15.9 Å². The van der Waals surface area contributed by atoms with Crippen LogP contribution in [0, 0.1) is 10.1 Å². The van der Waals surface area contributed by atoms with Crippen molar-refractivity contribution < 1.29 is 14.8 Å². The van der Waals surface area contributed by atoms with Gasteiger partial charge in [0.15, 0.2) is 4.60 Å². The molecular weight excluding hydrogens is 320 g/mol. The number of aromatic nitrogens is 3. The van der Waals surface area contributed by atoms with Gasteiger partial charge in [-0.1, -0.05) is 5.21 Å². The Hall–Kier alpha value is -2.29. The van der Waals surface area contributed by atoms with E-state index < -0.39 is 10.9 Å². The Kier molecular flexibility index (Phi) is 3.30. The predicted octanol–water partition coefficient (Wildman–Crippen LogP) is 1.85. The molecule has 1 aromatic heterocycles. The van der Waals surface area contributed by atoms with Gasteiger partial charge in [-0.25, -0.2) is 9.48 Å². The van der Waals surface area contributed by atoms with Gasteiger partial charge in [0.25, 0.3) is 5.69 Å². The zero-order valence-corrected chi connectivity index (χ0v) is 11.2. The van der Waals surface area contributed by atoms with Crippen molar-refractivity contribution in [1.82, 2.24) is 15.0 Å². The van der Waals surface area contributed by atoms with Crippen LogP contribution < -0.4 is 0 Å². The minimum atomic E-state index is -1.23. The van der Waals surface area contributed by atoms with E-state index in [1.165, 1.54) is 16.8 Å². The number of halogens is 1. The molecular formula is C10H7BrN4O4. The molecule has 2 aromatic rings. The van der Waals surface area contributed by atoms with Crippen molar-refractivity contribution in [2.45, 2.75) is 0 Å². The highest BCUT2D eigenvalue weighted by atomic mass is 79.9. The summed E-state index contributed by atoms with van der Waals surface area (Å²) in [4.78, 5) is 21.3. The van der Waals surface area contributed by atoms with E-state index in [0.29, 0.717) is 10.3 Å². The number of rotatable bonds is 3. The van der Waals surface area contributed by atoms with Crippen LogP contribution in [-0.2, 0) is 7.05 Å². The van der Waals surface area contributed by atoms with Crippen LogP contribution in [-0.4, -0.2) is 31.0 Å². The quantitative estimate of drug-likeness (QED) is 0.680. The Balaban J connectivity index is 2.71. The molecule has 0 fully saturated rings. The highest BCUT2D eigenvalue weighted by Gasteiger charge is 2.23. The number of aromatic carboxylic acids is 1. The molecule has 0 aliphatic heterocycles. The first-order valence-electron chi connectivity index (χ1n) is 4.99. The molecule has 0 spiro atoms. The van der Waals surface area contributed by atoms with Gasteiger partial charge in [-0.05, 0) is 28.1 Å². The average Bonchev–Trinajstić information content (AvgIpc) is 2.68. The van der Waals surface area contributed by atoms with E-state index in [4.69, 9.17) is 5.11 Å². The van der Waals surface area contributed by atoms with Crippen molar-refractivity contribution in [2.24, 2.45) is 7.05 Å². The predicted molar refractivity (Wildman–Crippen MR) is 67.8 cm³/mol. The maximum Gasteiger partial charge on any atom is 0.335 e. The lowest BCUT2D eigenvalue weighted by atomic mass is 10.1.